The van der Waals surface area contributed by atoms with E-state index in [4.69, 9.17) is 9.31 Å². The highest BCUT2D eigenvalue weighted by Crippen LogP contribution is 2.36. The number of rotatable bonds is 1. The first-order valence-corrected chi connectivity index (χ1v) is 5.67. The van der Waals surface area contributed by atoms with Crippen molar-refractivity contribution in [3.8, 4) is 5.75 Å². The quantitative estimate of drug-likeness (QED) is 0.780. The van der Waals surface area contributed by atoms with Crippen LogP contribution in [0.3, 0.4) is 0 Å². The van der Waals surface area contributed by atoms with Gasteiger partial charge < -0.3 is 14.4 Å². The Kier molecular flexibility index (Phi) is 2.90. The number of hydrogen-bond donors (Lipinski definition) is 1. The molecule has 0 unspecified atom stereocenters. The van der Waals surface area contributed by atoms with E-state index >= 15 is 0 Å². The Labute approximate surface area is 105 Å². The SMILES string of the molecule is CC1(C)OB(c2cc(O)c(F)cc2F)OC1(C)C. The average molecular weight is 256 g/mol. The first-order chi connectivity index (χ1) is 8.14. The molecule has 0 aliphatic carbocycles. The number of halogens is 2. The predicted molar refractivity (Wildman–Crippen MR) is 63.7 cm³/mol. The van der Waals surface area contributed by atoms with Crippen LogP contribution in [0.25, 0.3) is 0 Å². The molecule has 2 rings (SSSR count). The molecule has 1 aromatic carbocycles. The largest absolute Gasteiger partial charge is 0.505 e. The zero-order chi connectivity index (χ0) is 13.7. The standard InChI is InChI=1S/C12H15BF2O3/c1-11(2)12(3,4)18-13(17-11)7-5-10(16)9(15)6-8(7)14/h5-6,16H,1-4H3. The van der Waals surface area contributed by atoms with Crippen LogP contribution in [-0.4, -0.2) is 23.4 Å². The molecule has 3 nitrogen and oxygen atoms in total. The van der Waals surface area contributed by atoms with Gasteiger partial charge in [-0.2, -0.15) is 0 Å². The maximum absolute atomic E-state index is 13.7. The molecule has 1 aromatic rings. The molecule has 0 atom stereocenters. The summed E-state index contributed by atoms with van der Waals surface area (Å²) in [5, 5.41) is 9.29. The van der Waals surface area contributed by atoms with Gasteiger partial charge in [-0.25, -0.2) is 8.78 Å². The minimum Gasteiger partial charge on any atom is -0.505 e. The molecule has 6 heteroatoms. The summed E-state index contributed by atoms with van der Waals surface area (Å²) < 4.78 is 37.9. The van der Waals surface area contributed by atoms with Gasteiger partial charge in [-0.15, -0.1) is 0 Å². The Morgan fingerprint density at radius 3 is 2.00 bits per heavy atom. The smallest absolute Gasteiger partial charge is 0.497 e. The molecule has 18 heavy (non-hydrogen) atoms. The highest BCUT2D eigenvalue weighted by molar-refractivity contribution is 6.62. The van der Waals surface area contributed by atoms with E-state index in [0.717, 1.165) is 6.07 Å². The molecule has 0 saturated carbocycles. The van der Waals surface area contributed by atoms with Gasteiger partial charge in [0.05, 0.1) is 11.2 Å². The summed E-state index contributed by atoms with van der Waals surface area (Å²) in [4.78, 5) is 0. The van der Waals surface area contributed by atoms with Gasteiger partial charge in [-0.05, 0) is 33.8 Å². The first-order valence-electron chi connectivity index (χ1n) is 5.67. The number of hydrogen-bond acceptors (Lipinski definition) is 3. The second-order valence-corrected chi connectivity index (χ2v) is 5.41. The summed E-state index contributed by atoms with van der Waals surface area (Å²) in [6, 6.07) is 1.61. The van der Waals surface area contributed by atoms with Crippen molar-refractivity contribution >= 4 is 12.6 Å². The van der Waals surface area contributed by atoms with Crippen molar-refractivity contribution in [3.63, 3.8) is 0 Å². The second kappa shape index (κ2) is 3.93. The Balaban J connectivity index is 2.38. The van der Waals surface area contributed by atoms with Crippen LogP contribution in [0.15, 0.2) is 12.1 Å². The van der Waals surface area contributed by atoms with E-state index in [2.05, 4.69) is 0 Å². The Hall–Kier alpha value is -1.14. The van der Waals surface area contributed by atoms with E-state index in [1.807, 2.05) is 27.7 Å². The fourth-order valence-corrected chi connectivity index (χ4v) is 1.70. The van der Waals surface area contributed by atoms with Gasteiger partial charge in [-0.3, -0.25) is 0 Å². The van der Waals surface area contributed by atoms with Crippen molar-refractivity contribution in [1.29, 1.82) is 0 Å². The third-order valence-corrected chi connectivity index (χ3v) is 3.57. The lowest BCUT2D eigenvalue weighted by Crippen LogP contribution is -2.41. The van der Waals surface area contributed by atoms with Gasteiger partial charge >= 0.3 is 7.12 Å². The van der Waals surface area contributed by atoms with Gasteiger partial charge in [-0.1, -0.05) is 0 Å². The molecule has 98 valence electrons. The maximum atomic E-state index is 13.7. The zero-order valence-electron chi connectivity index (χ0n) is 10.8. The van der Waals surface area contributed by atoms with Crippen LogP contribution < -0.4 is 5.46 Å². The molecule has 0 radical (unpaired) electrons. The lowest BCUT2D eigenvalue weighted by atomic mass is 9.78. The molecule has 0 aromatic heterocycles. The van der Waals surface area contributed by atoms with Crippen molar-refractivity contribution < 1.29 is 23.2 Å². The molecule has 1 fully saturated rings. The van der Waals surface area contributed by atoms with Crippen LogP contribution in [0.2, 0.25) is 0 Å². The van der Waals surface area contributed by atoms with Gasteiger partial charge in [0, 0.05) is 11.5 Å². The Morgan fingerprint density at radius 2 is 1.50 bits per heavy atom. The minimum atomic E-state index is -1.01. The van der Waals surface area contributed by atoms with Crippen molar-refractivity contribution in [2.24, 2.45) is 0 Å². The molecular formula is C12H15BF2O3. The van der Waals surface area contributed by atoms with E-state index in [1.165, 1.54) is 0 Å². The Bertz CT molecular complexity index is 472. The average Bonchev–Trinajstić information content (AvgIpc) is 2.42. The number of phenols is 1. The molecule has 1 N–H and O–H groups in total. The van der Waals surface area contributed by atoms with E-state index < -0.39 is 35.7 Å². The Morgan fingerprint density at radius 1 is 1.00 bits per heavy atom. The van der Waals surface area contributed by atoms with Crippen molar-refractivity contribution in [3.05, 3.63) is 23.8 Å². The summed E-state index contributed by atoms with van der Waals surface area (Å²) in [7, 11) is -0.957. The number of aromatic hydroxyl groups is 1. The number of benzene rings is 1. The highest BCUT2D eigenvalue weighted by Gasteiger charge is 2.52. The van der Waals surface area contributed by atoms with Crippen LogP contribution in [0.4, 0.5) is 8.78 Å². The van der Waals surface area contributed by atoms with Crippen molar-refractivity contribution in [2.75, 3.05) is 0 Å². The molecular weight excluding hydrogens is 241 g/mol. The first kappa shape index (κ1) is 13.3. The van der Waals surface area contributed by atoms with Crippen LogP contribution in [-0.2, 0) is 9.31 Å². The summed E-state index contributed by atoms with van der Waals surface area (Å²) in [6.07, 6.45) is 0. The van der Waals surface area contributed by atoms with Crippen LogP contribution in [0.5, 0.6) is 5.75 Å². The van der Waals surface area contributed by atoms with Gasteiger partial charge in [0.15, 0.2) is 11.6 Å². The molecule has 0 amide bonds. The normalized spacial score (nSPS) is 21.3. The minimum absolute atomic E-state index is 0.00690. The van der Waals surface area contributed by atoms with Crippen molar-refractivity contribution in [2.45, 2.75) is 38.9 Å². The fraction of sp³-hybridized carbons (Fsp3) is 0.500. The second-order valence-electron chi connectivity index (χ2n) is 5.41. The number of phenolic OH excluding ortho intramolecular Hbond substituents is 1. The van der Waals surface area contributed by atoms with Gasteiger partial charge in [0.1, 0.15) is 5.82 Å². The van der Waals surface area contributed by atoms with Gasteiger partial charge in [0.2, 0.25) is 0 Å². The topological polar surface area (TPSA) is 38.7 Å². The van der Waals surface area contributed by atoms with Crippen LogP contribution in [0, 0.1) is 11.6 Å². The summed E-state index contributed by atoms with van der Waals surface area (Å²) in [5.74, 6) is -2.43. The monoisotopic (exact) mass is 256 g/mol. The van der Waals surface area contributed by atoms with Crippen LogP contribution in [0.1, 0.15) is 27.7 Å². The van der Waals surface area contributed by atoms with Crippen molar-refractivity contribution in [1.82, 2.24) is 0 Å². The van der Waals surface area contributed by atoms with E-state index in [1.54, 1.807) is 0 Å². The summed E-state index contributed by atoms with van der Waals surface area (Å²) in [5.41, 5.74) is -1.24. The summed E-state index contributed by atoms with van der Waals surface area (Å²) in [6.45, 7) is 7.31. The highest BCUT2D eigenvalue weighted by atomic mass is 19.1. The van der Waals surface area contributed by atoms with Gasteiger partial charge in [0.25, 0.3) is 0 Å². The third-order valence-electron chi connectivity index (χ3n) is 3.57. The van der Waals surface area contributed by atoms with E-state index in [9.17, 15) is 13.9 Å². The van der Waals surface area contributed by atoms with Crippen LogP contribution >= 0.6 is 0 Å². The van der Waals surface area contributed by atoms with E-state index in [-0.39, 0.29) is 5.46 Å². The molecule has 1 aliphatic heterocycles. The fourth-order valence-electron chi connectivity index (χ4n) is 1.70. The third kappa shape index (κ3) is 1.99. The summed E-state index contributed by atoms with van der Waals surface area (Å²) >= 11 is 0. The lowest BCUT2D eigenvalue weighted by Gasteiger charge is -2.32. The molecule has 1 aliphatic rings. The lowest BCUT2D eigenvalue weighted by molar-refractivity contribution is 0.00578. The maximum Gasteiger partial charge on any atom is 0.497 e. The predicted octanol–water partition coefficient (Wildman–Crippen LogP) is 1.97. The molecule has 0 spiro atoms. The molecule has 0 bridgehead atoms. The zero-order valence-corrected chi connectivity index (χ0v) is 10.8. The van der Waals surface area contributed by atoms with E-state index in [0.29, 0.717) is 6.07 Å². The molecule has 1 saturated heterocycles. The molecule has 1 heterocycles.